The Kier molecular flexibility index (Phi) is 4.36. The fourth-order valence-corrected chi connectivity index (χ4v) is 3.83. The Morgan fingerprint density at radius 3 is 2.08 bits per heavy atom. The van der Waals surface area contributed by atoms with E-state index in [0.717, 1.165) is 18.9 Å². The second-order valence-corrected chi connectivity index (χ2v) is 7.73. The highest BCUT2D eigenvalue weighted by molar-refractivity contribution is 7.89. The third-order valence-electron chi connectivity index (χ3n) is 3.67. The number of alkyl halides is 3. The maximum absolute atomic E-state index is 12.7. The molecule has 128 valence electrons. The van der Waals surface area contributed by atoms with Gasteiger partial charge in [-0.05, 0) is 48.2 Å². The summed E-state index contributed by atoms with van der Waals surface area (Å²) in [6, 6.07) is 9.37. The molecule has 0 radical (unpaired) electrons. The fraction of sp³-hybridized carbons (Fsp3) is 0.250. The van der Waals surface area contributed by atoms with E-state index in [9.17, 15) is 21.6 Å². The Labute approximate surface area is 142 Å². The molecule has 8 heteroatoms. The summed E-state index contributed by atoms with van der Waals surface area (Å²) >= 11 is 5.71. The molecule has 1 aliphatic rings. The lowest BCUT2D eigenvalue weighted by molar-refractivity contribution is -0.137. The second-order valence-electron chi connectivity index (χ2n) is 5.61. The molecular weight excluding hydrogens is 363 g/mol. The van der Waals surface area contributed by atoms with Crippen LogP contribution in [0.1, 0.15) is 18.4 Å². The predicted octanol–water partition coefficient (Wildman–Crippen LogP) is 4.47. The molecule has 0 bridgehead atoms. The van der Waals surface area contributed by atoms with Crippen LogP contribution in [-0.2, 0) is 16.2 Å². The average molecular weight is 376 g/mol. The van der Waals surface area contributed by atoms with Crippen molar-refractivity contribution in [2.45, 2.75) is 30.0 Å². The average Bonchev–Trinajstić information content (AvgIpc) is 3.29. The summed E-state index contributed by atoms with van der Waals surface area (Å²) in [7, 11) is -3.56. The first-order valence-corrected chi connectivity index (χ1v) is 9.02. The zero-order chi connectivity index (χ0) is 17.5. The van der Waals surface area contributed by atoms with Gasteiger partial charge in [-0.25, -0.2) is 13.1 Å². The standard InChI is InChI=1S/C16H13ClF3NO2S/c17-15-9-11(3-8-14(15)16(18,19)20)10-1-6-13(7-2-10)24(22,23)21-12-4-5-12/h1-3,6-9,12,21H,4-5H2. The Balaban J connectivity index is 1.87. The highest BCUT2D eigenvalue weighted by atomic mass is 35.5. The molecule has 0 unspecified atom stereocenters. The first-order valence-electron chi connectivity index (χ1n) is 7.16. The molecule has 2 aromatic carbocycles. The van der Waals surface area contributed by atoms with E-state index in [-0.39, 0.29) is 10.9 Å². The van der Waals surface area contributed by atoms with Crippen LogP contribution >= 0.6 is 11.6 Å². The van der Waals surface area contributed by atoms with E-state index in [2.05, 4.69) is 4.72 Å². The topological polar surface area (TPSA) is 46.2 Å². The first-order chi connectivity index (χ1) is 11.2. The largest absolute Gasteiger partial charge is 0.417 e. The normalized spacial score (nSPS) is 15.5. The molecule has 3 rings (SSSR count). The SMILES string of the molecule is O=S(=O)(NC1CC1)c1ccc(-c2ccc(C(F)(F)F)c(Cl)c2)cc1. The van der Waals surface area contributed by atoms with Gasteiger partial charge >= 0.3 is 6.18 Å². The number of benzene rings is 2. The molecule has 1 fully saturated rings. The van der Waals surface area contributed by atoms with Crippen molar-refractivity contribution >= 4 is 21.6 Å². The van der Waals surface area contributed by atoms with Crippen LogP contribution in [-0.4, -0.2) is 14.5 Å². The highest BCUT2D eigenvalue weighted by Gasteiger charge is 2.33. The molecule has 0 aromatic heterocycles. The van der Waals surface area contributed by atoms with E-state index < -0.39 is 26.8 Å². The number of halogens is 4. The smallest absolute Gasteiger partial charge is 0.208 e. The van der Waals surface area contributed by atoms with Crippen molar-refractivity contribution in [3.05, 3.63) is 53.1 Å². The van der Waals surface area contributed by atoms with Gasteiger partial charge in [0.2, 0.25) is 10.0 Å². The number of sulfonamides is 1. The molecule has 1 N–H and O–H groups in total. The summed E-state index contributed by atoms with van der Waals surface area (Å²) < 4.78 is 64.9. The summed E-state index contributed by atoms with van der Waals surface area (Å²) in [6.07, 6.45) is -2.84. The third kappa shape index (κ3) is 3.74. The van der Waals surface area contributed by atoms with Gasteiger partial charge in [0.25, 0.3) is 0 Å². The van der Waals surface area contributed by atoms with Gasteiger partial charge in [-0.1, -0.05) is 29.8 Å². The molecule has 0 saturated heterocycles. The quantitative estimate of drug-likeness (QED) is 0.857. The third-order valence-corrected chi connectivity index (χ3v) is 5.52. The number of rotatable bonds is 4. The van der Waals surface area contributed by atoms with E-state index in [1.54, 1.807) is 12.1 Å². The van der Waals surface area contributed by atoms with Crippen molar-refractivity contribution in [3.63, 3.8) is 0 Å². The highest BCUT2D eigenvalue weighted by Crippen LogP contribution is 2.36. The molecule has 0 atom stereocenters. The van der Waals surface area contributed by atoms with Crippen molar-refractivity contribution in [1.29, 1.82) is 0 Å². The molecule has 3 nitrogen and oxygen atoms in total. The lowest BCUT2D eigenvalue weighted by Gasteiger charge is -2.11. The van der Waals surface area contributed by atoms with Crippen molar-refractivity contribution in [2.75, 3.05) is 0 Å². The van der Waals surface area contributed by atoms with Gasteiger partial charge in [0.1, 0.15) is 0 Å². The Morgan fingerprint density at radius 1 is 1.00 bits per heavy atom. The van der Waals surface area contributed by atoms with Crippen LogP contribution in [0.4, 0.5) is 13.2 Å². The molecule has 1 saturated carbocycles. The summed E-state index contributed by atoms with van der Waals surface area (Å²) in [5.74, 6) is 0. The molecule has 0 aliphatic heterocycles. The maximum atomic E-state index is 12.7. The maximum Gasteiger partial charge on any atom is 0.417 e. The lowest BCUT2D eigenvalue weighted by Crippen LogP contribution is -2.25. The van der Waals surface area contributed by atoms with E-state index in [0.29, 0.717) is 11.1 Å². The van der Waals surface area contributed by atoms with Crippen LogP contribution in [0.2, 0.25) is 5.02 Å². The van der Waals surface area contributed by atoms with Gasteiger partial charge in [-0.2, -0.15) is 13.2 Å². The lowest BCUT2D eigenvalue weighted by atomic mass is 10.0. The van der Waals surface area contributed by atoms with Crippen LogP contribution in [0.5, 0.6) is 0 Å². The Morgan fingerprint density at radius 2 is 1.58 bits per heavy atom. The van der Waals surface area contributed by atoms with Crippen LogP contribution in [0.25, 0.3) is 11.1 Å². The van der Waals surface area contributed by atoms with Gasteiger partial charge in [0.05, 0.1) is 15.5 Å². The minimum Gasteiger partial charge on any atom is -0.208 e. The van der Waals surface area contributed by atoms with Crippen LogP contribution in [0.3, 0.4) is 0 Å². The number of nitrogens with one attached hydrogen (secondary N) is 1. The zero-order valence-corrected chi connectivity index (χ0v) is 13.8. The monoisotopic (exact) mass is 375 g/mol. The van der Waals surface area contributed by atoms with E-state index in [4.69, 9.17) is 11.6 Å². The van der Waals surface area contributed by atoms with E-state index in [1.807, 2.05) is 0 Å². The fourth-order valence-electron chi connectivity index (χ4n) is 2.24. The summed E-state index contributed by atoms with van der Waals surface area (Å²) in [6.45, 7) is 0. The van der Waals surface area contributed by atoms with E-state index in [1.165, 1.54) is 24.3 Å². The number of hydrogen-bond acceptors (Lipinski definition) is 2. The minimum absolute atomic E-state index is 0.00314. The molecule has 2 aromatic rings. The van der Waals surface area contributed by atoms with Crippen molar-refractivity contribution in [2.24, 2.45) is 0 Å². The van der Waals surface area contributed by atoms with Crippen molar-refractivity contribution in [3.8, 4) is 11.1 Å². The summed E-state index contributed by atoms with van der Waals surface area (Å²) in [5.41, 5.74) is 0.156. The summed E-state index contributed by atoms with van der Waals surface area (Å²) in [5, 5.41) is -0.396. The second kappa shape index (κ2) is 6.06. The zero-order valence-electron chi connectivity index (χ0n) is 12.3. The molecule has 1 aliphatic carbocycles. The van der Waals surface area contributed by atoms with Crippen LogP contribution < -0.4 is 4.72 Å². The molecule has 24 heavy (non-hydrogen) atoms. The Hall–Kier alpha value is -1.57. The van der Waals surface area contributed by atoms with Crippen molar-refractivity contribution < 1.29 is 21.6 Å². The van der Waals surface area contributed by atoms with Gasteiger partial charge in [-0.15, -0.1) is 0 Å². The first kappa shape index (κ1) is 17.3. The molecule has 0 amide bonds. The van der Waals surface area contributed by atoms with Gasteiger partial charge in [0, 0.05) is 6.04 Å². The van der Waals surface area contributed by atoms with Crippen molar-refractivity contribution in [1.82, 2.24) is 4.72 Å². The van der Waals surface area contributed by atoms with E-state index >= 15 is 0 Å². The van der Waals surface area contributed by atoms with Crippen LogP contribution in [0, 0.1) is 0 Å². The molecular formula is C16H13ClF3NO2S. The molecule has 0 spiro atoms. The molecule has 0 heterocycles. The van der Waals surface area contributed by atoms with Gasteiger partial charge in [-0.3, -0.25) is 0 Å². The van der Waals surface area contributed by atoms with Gasteiger partial charge in [0.15, 0.2) is 0 Å². The Bertz CT molecular complexity index is 860. The van der Waals surface area contributed by atoms with Crippen LogP contribution in [0.15, 0.2) is 47.4 Å². The van der Waals surface area contributed by atoms with Gasteiger partial charge < -0.3 is 0 Å². The predicted molar refractivity (Wildman–Crippen MR) is 85.2 cm³/mol. The summed E-state index contributed by atoms with van der Waals surface area (Å²) in [4.78, 5) is 0.121. The minimum atomic E-state index is -4.51. The number of hydrogen-bond donors (Lipinski definition) is 1.